The summed E-state index contributed by atoms with van der Waals surface area (Å²) in [4.78, 5) is 40.0. The molecule has 73 heavy (non-hydrogen) atoms. The van der Waals surface area contributed by atoms with Gasteiger partial charge in [0.2, 0.25) is 5.91 Å². The first kappa shape index (κ1) is 71.2. The predicted molar refractivity (Wildman–Crippen MR) is 312 cm³/mol. The SMILES string of the molecule is CCCCC/C=C/C=C/CCCCCCCCC(=O)NC(COP(=O)([O-])OCC[N+](C)(C)C)C(/C=C/CCCCCCCCCCCCC)OC(=O)CCCCCCCCCCCCCCCCCCCCC. The van der Waals surface area contributed by atoms with Crippen LogP contribution in [0.4, 0.5) is 0 Å². The Labute approximate surface area is 453 Å². The van der Waals surface area contributed by atoms with Gasteiger partial charge in [0.05, 0.1) is 33.8 Å². The van der Waals surface area contributed by atoms with E-state index in [1.807, 2.05) is 33.3 Å². The largest absolute Gasteiger partial charge is 0.756 e. The van der Waals surface area contributed by atoms with Crippen LogP contribution in [0.25, 0.3) is 0 Å². The molecule has 430 valence electrons. The summed E-state index contributed by atoms with van der Waals surface area (Å²) in [6.07, 6.45) is 63.9. The Morgan fingerprint density at radius 1 is 0.479 bits per heavy atom. The Kier molecular flexibility index (Phi) is 52.3. The smallest absolute Gasteiger partial charge is 0.306 e. The molecule has 0 aromatic heterocycles. The normalized spacial score (nSPS) is 13.9. The number of likely N-dealkylation sites (N-methyl/N-ethyl adjacent to an activating group) is 1. The molecule has 0 aliphatic rings. The lowest BCUT2D eigenvalue weighted by atomic mass is 10.0. The van der Waals surface area contributed by atoms with Crippen LogP contribution in [0.5, 0.6) is 0 Å². The number of phosphoric ester groups is 1. The van der Waals surface area contributed by atoms with Gasteiger partial charge in [-0.3, -0.25) is 14.2 Å². The lowest BCUT2D eigenvalue weighted by molar-refractivity contribution is -0.870. The van der Waals surface area contributed by atoms with Gasteiger partial charge < -0.3 is 28.5 Å². The van der Waals surface area contributed by atoms with Gasteiger partial charge >= 0.3 is 5.97 Å². The van der Waals surface area contributed by atoms with Gasteiger partial charge in [-0.2, -0.15) is 0 Å². The first-order chi connectivity index (χ1) is 35.4. The van der Waals surface area contributed by atoms with Gasteiger partial charge in [-0.15, -0.1) is 0 Å². The molecule has 0 fully saturated rings. The van der Waals surface area contributed by atoms with Crippen molar-refractivity contribution in [1.29, 1.82) is 0 Å². The number of nitrogens with zero attached hydrogens (tertiary/aromatic N) is 1. The van der Waals surface area contributed by atoms with Crippen molar-refractivity contribution in [3.05, 3.63) is 36.5 Å². The van der Waals surface area contributed by atoms with Crippen molar-refractivity contribution in [3.8, 4) is 0 Å². The van der Waals surface area contributed by atoms with Crippen LogP contribution in [0, 0.1) is 0 Å². The molecule has 0 aliphatic heterocycles. The summed E-state index contributed by atoms with van der Waals surface area (Å²) in [5, 5.41) is 3.03. The molecule has 0 saturated carbocycles. The molecule has 0 aromatic carbocycles. The predicted octanol–water partition coefficient (Wildman–Crippen LogP) is 18.5. The van der Waals surface area contributed by atoms with E-state index in [4.69, 9.17) is 13.8 Å². The second-order valence-corrected chi connectivity index (χ2v) is 24.0. The minimum atomic E-state index is -4.70. The molecule has 9 nitrogen and oxygen atoms in total. The minimum Gasteiger partial charge on any atom is -0.756 e. The summed E-state index contributed by atoms with van der Waals surface area (Å²) >= 11 is 0. The van der Waals surface area contributed by atoms with E-state index < -0.39 is 20.0 Å². The monoisotopic (exact) mass is 1050 g/mol. The van der Waals surface area contributed by atoms with E-state index in [2.05, 4.69) is 50.4 Å². The summed E-state index contributed by atoms with van der Waals surface area (Å²) in [6.45, 7) is 6.84. The molecular formula is C63H121N2O7P. The Morgan fingerprint density at radius 3 is 1.23 bits per heavy atom. The molecule has 0 bridgehead atoms. The maximum atomic E-state index is 13.5. The van der Waals surface area contributed by atoms with Gasteiger partial charge in [0.25, 0.3) is 7.82 Å². The van der Waals surface area contributed by atoms with Crippen LogP contribution in [0.1, 0.15) is 303 Å². The van der Waals surface area contributed by atoms with E-state index in [1.54, 1.807) is 0 Å². The second kappa shape index (κ2) is 53.6. The number of unbranched alkanes of at least 4 members (excludes halogenated alkanes) is 38. The molecule has 10 heteroatoms. The fraction of sp³-hybridized carbons (Fsp3) is 0.873. The van der Waals surface area contributed by atoms with Gasteiger partial charge in [-0.05, 0) is 57.4 Å². The Hall–Kier alpha value is -1.77. The number of hydrogen-bond acceptors (Lipinski definition) is 7. The van der Waals surface area contributed by atoms with Crippen LogP contribution in [0.3, 0.4) is 0 Å². The third-order valence-electron chi connectivity index (χ3n) is 14.1. The number of carbonyl (C=O) groups is 2. The van der Waals surface area contributed by atoms with Gasteiger partial charge in [0.15, 0.2) is 0 Å². The highest BCUT2D eigenvalue weighted by molar-refractivity contribution is 7.45. The summed E-state index contributed by atoms with van der Waals surface area (Å²) in [7, 11) is 1.19. The highest BCUT2D eigenvalue weighted by atomic mass is 31.2. The minimum absolute atomic E-state index is 0.0226. The zero-order valence-electron chi connectivity index (χ0n) is 49.1. The maximum absolute atomic E-state index is 13.5. The van der Waals surface area contributed by atoms with Crippen molar-refractivity contribution in [3.63, 3.8) is 0 Å². The molecule has 0 radical (unpaired) electrons. The summed E-state index contributed by atoms with van der Waals surface area (Å²) in [6, 6.07) is -0.890. The molecule has 3 atom stereocenters. The van der Waals surface area contributed by atoms with Crippen LogP contribution < -0.4 is 10.2 Å². The average Bonchev–Trinajstić information content (AvgIpc) is 3.35. The van der Waals surface area contributed by atoms with Crippen molar-refractivity contribution in [2.24, 2.45) is 0 Å². The van der Waals surface area contributed by atoms with Crippen molar-refractivity contribution >= 4 is 19.7 Å². The Balaban J connectivity index is 5.26. The summed E-state index contributed by atoms with van der Waals surface area (Å²) in [5.74, 6) is -0.541. The van der Waals surface area contributed by atoms with Crippen molar-refractivity contribution in [1.82, 2.24) is 5.32 Å². The molecule has 0 aliphatic carbocycles. The lowest BCUT2D eigenvalue weighted by Gasteiger charge is -2.30. The van der Waals surface area contributed by atoms with E-state index in [0.717, 1.165) is 83.5 Å². The van der Waals surface area contributed by atoms with Crippen LogP contribution in [0.15, 0.2) is 36.5 Å². The van der Waals surface area contributed by atoms with Crippen molar-refractivity contribution in [2.45, 2.75) is 315 Å². The number of allylic oxidation sites excluding steroid dienone is 5. The Morgan fingerprint density at radius 2 is 0.822 bits per heavy atom. The van der Waals surface area contributed by atoms with Gasteiger partial charge in [-0.25, -0.2) is 0 Å². The van der Waals surface area contributed by atoms with Crippen LogP contribution in [0.2, 0.25) is 0 Å². The molecular weight excluding hydrogens is 928 g/mol. The molecule has 0 saturated heterocycles. The molecule has 1 N–H and O–H groups in total. The van der Waals surface area contributed by atoms with E-state index in [1.165, 1.54) is 186 Å². The molecule has 0 rings (SSSR count). The van der Waals surface area contributed by atoms with E-state index >= 15 is 0 Å². The first-order valence-corrected chi connectivity index (χ1v) is 32.8. The lowest BCUT2D eigenvalue weighted by Crippen LogP contribution is -2.47. The third-order valence-corrected chi connectivity index (χ3v) is 15.1. The maximum Gasteiger partial charge on any atom is 0.306 e. The third kappa shape index (κ3) is 54.8. The van der Waals surface area contributed by atoms with Gasteiger partial charge in [0, 0.05) is 12.8 Å². The van der Waals surface area contributed by atoms with Crippen LogP contribution >= 0.6 is 7.82 Å². The number of ether oxygens (including phenoxy) is 1. The topological polar surface area (TPSA) is 114 Å². The van der Waals surface area contributed by atoms with Crippen molar-refractivity contribution in [2.75, 3.05) is 40.9 Å². The van der Waals surface area contributed by atoms with Crippen molar-refractivity contribution < 1.29 is 37.3 Å². The number of amides is 1. The zero-order chi connectivity index (χ0) is 53.6. The fourth-order valence-electron chi connectivity index (χ4n) is 9.22. The van der Waals surface area contributed by atoms with Gasteiger partial charge in [-0.1, -0.05) is 269 Å². The van der Waals surface area contributed by atoms with E-state index in [-0.39, 0.29) is 31.5 Å². The number of hydrogen-bond donors (Lipinski definition) is 1. The average molecular weight is 1050 g/mol. The Bertz CT molecular complexity index is 1350. The van der Waals surface area contributed by atoms with Gasteiger partial charge in [0.1, 0.15) is 19.3 Å². The fourth-order valence-corrected chi connectivity index (χ4v) is 9.94. The molecule has 0 heterocycles. The second-order valence-electron chi connectivity index (χ2n) is 22.6. The first-order valence-electron chi connectivity index (χ1n) is 31.3. The molecule has 3 unspecified atom stereocenters. The number of carbonyl (C=O) groups excluding carboxylic acids is 2. The number of quaternary nitrogens is 1. The van der Waals surface area contributed by atoms with Crippen LogP contribution in [-0.4, -0.2) is 69.4 Å². The zero-order valence-corrected chi connectivity index (χ0v) is 50.0. The number of phosphoric acid groups is 1. The number of rotatable bonds is 57. The molecule has 0 aromatic rings. The van der Waals surface area contributed by atoms with E-state index in [9.17, 15) is 19.0 Å². The highest BCUT2D eigenvalue weighted by Gasteiger charge is 2.27. The number of esters is 1. The standard InChI is InChI=1S/C63H121N2O7P/c1-7-10-13-16-19-22-25-28-30-31-32-33-35-38-41-44-47-50-53-56-63(67)72-61(54-51-48-45-42-39-36-27-24-21-18-15-12-9-3)60(59-71-73(68,69)70-58-57-65(4,5)6)64-62(66)55-52-49-46-43-40-37-34-29-26-23-20-17-14-11-8-2/h20,23,26,29,51,54,60-61H,7-19,21-22,24-25,27-28,30-50,52-53,55-59H2,1-6H3,(H-,64,66,68,69)/b23-20+,29-26+,54-51+. The number of nitrogens with one attached hydrogen (secondary N) is 1. The summed E-state index contributed by atoms with van der Waals surface area (Å²) in [5.41, 5.74) is 0. The summed E-state index contributed by atoms with van der Waals surface area (Å²) < 4.78 is 30.3. The van der Waals surface area contributed by atoms with Crippen LogP contribution in [-0.2, 0) is 27.9 Å². The molecule has 1 amide bonds. The highest BCUT2D eigenvalue weighted by Crippen LogP contribution is 2.38. The quantitative estimate of drug-likeness (QED) is 0.0161. The molecule has 0 spiro atoms. The van der Waals surface area contributed by atoms with E-state index in [0.29, 0.717) is 17.4 Å².